The van der Waals surface area contributed by atoms with Gasteiger partial charge in [0, 0.05) is 6.42 Å². The molecular formula is C25H25N3O5S2. The van der Waals surface area contributed by atoms with E-state index in [4.69, 9.17) is 0 Å². The van der Waals surface area contributed by atoms with Crippen LogP contribution in [0.4, 0.5) is 0 Å². The van der Waals surface area contributed by atoms with Gasteiger partial charge in [0.15, 0.2) is 5.82 Å². The van der Waals surface area contributed by atoms with Gasteiger partial charge >= 0.3 is 0 Å². The monoisotopic (exact) mass is 511 g/mol. The highest BCUT2D eigenvalue weighted by Gasteiger charge is 2.36. The fraction of sp³-hybridized carbons (Fsp3) is 0.160. The van der Waals surface area contributed by atoms with Gasteiger partial charge in [0.1, 0.15) is 6.54 Å². The molecule has 0 saturated heterocycles. The zero-order valence-corrected chi connectivity index (χ0v) is 20.9. The topological polar surface area (TPSA) is 113 Å². The SMILES string of the molecule is Cc1ccc(S(=O)(=O)NC2=C(Cc3ccccc3)NC(=O)CN2S(=O)(=O)c2ccc(C)cc2)cc1. The quantitative estimate of drug-likeness (QED) is 0.507. The maximum Gasteiger partial charge on any atom is 0.265 e. The third kappa shape index (κ3) is 5.39. The maximum atomic E-state index is 13.6. The predicted octanol–water partition coefficient (Wildman–Crippen LogP) is 2.81. The van der Waals surface area contributed by atoms with Gasteiger partial charge in [-0.05, 0) is 43.7 Å². The summed E-state index contributed by atoms with van der Waals surface area (Å²) >= 11 is 0. The Morgan fingerprint density at radius 2 is 1.34 bits per heavy atom. The number of carbonyl (C=O) groups is 1. The van der Waals surface area contributed by atoms with Gasteiger partial charge in [0.2, 0.25) is 5.91 Å². The summed E-state index contributed by atoms with van der Waals surface area (Å²) in [5.74, 6) is -0.778. The summed E-state index contributed by atoms with van der Waals surface area (Å²) in [6.07, 6.45) is 0.109. The van der Waals surface area contributed by atoms with E-state index in [1.165, 1.54) is 24.3 Å². The van der Waals surface area contributed by atoms with E-state index in [1.807, 2.05) is 19.9 Å². The molecule has 2 N–H and O–H groups in total. The first-order valence-corrected chi connectivity index (χ1v) is 13.7. The lowest BCUT2D eigenvalue weighted by Crippen LogP contribution is -2.51. The van der Waals surface area contributed by atoms with Crippen molar-refractivity contribution in [2.24, 2.45) is 0 Å². The van der Waals surface area contributed by atoms with Crippen LogP contribution in [0.15, 0.2) is 100 Å². The van der Waals surface area contributed by atoms with Crippen LogP contribution in [0.3, 0.4) is 0 Å². The van der Waals surface area contributed by atoms with Crippen molar-refractivity contribution in [2.45, 2.75) is 30.1 Å². The second-order valence-corrected chi connectivity index (χ2v) is 11.8. The summed E-state index contributed by atoms with van der Waals surface area (Å²) in [6.45, 7) is 3.08. The number of allylic oxidation sites excluding steroid dienone is 1. The molecule has 10 heteroatoms. The third-order valence-electron chi connectivity index (χ3n) is 5.51. The summed E-state index contributed by atoms with van der Waals surface area (Å²) in [5.41, 5.74) is 2.64. The Hall–Kier alpha value is -3.63. The molecule has 8 nitrogen and oxygen atoms in total. The largest absolute Gasteiger partial charge is 0.324 e. The van der Waals surface area contributed by atoms with E-state index in [-0.39, 0.29) is 27.7 Å². The standard InChI is InChI=1S/C25H25N3O5S2/c1-18-8-12-21(13-9-18)34(30,31)27-25-23(16-20-6-4-3-5-7-20)26-24(29)17-28(25)35(32,33)22-14-10-19(2)11-15-22/h3-15,27H,16-17H2,1-2H3,(H,26,29). The number of nitrogens with one attached hydrogen (secondary N) is 2. The fourth-order valence-electron chi connectivity index (χ4n) is 3.61. The van der Waals surface area contributed by atoms with Crippen molar-refractivity contribution < 1.29 is 21.6 Å². The average molecular weight is 512 g/mol. The molecule has 0 spiro atoms. The van der Waals surface area contributed by atoms with Gasteiger partial charge in [-0.1, -0.05) is 65.7 Å². The number of carbonyl (C=O) groups excluding carboxylic acids is 1. The van der Waals surface area contributed by atoms with Gasteiger partial charge in [-0.25, -0.2) is 21.1 Å². The second kappa shape index (κ2) is 9.55. The van der Waals surface area contributed by atoms with Crippen molar-refractivity contribution in [3.8, 4) is 0 Å². The lowest BCUT2D eigenvalue weighted by molar-refractivity contribution is -0.121. The summed E-state index contributed by atoms with van der Waals surface area (Å²) in [7, 11) is -8.43. The summed E-state index contributed by atoms with van der Waals surface area (Å²) in [5, 5.41) is 2.67. The molecule has 0 atom stereocenters. The Labute approximate surface area is 205 Å². The molecule has 0 fully saturated rings. The Morgan fingerprint density at radius 1 is 0.800 bits per heavy atom. The average Bonchev–Trinajstić information content (AvgIpc) is 2.81. The van der Waals surface area contributed by atoms with Crippen molar-refractivity contribution in [3.05, 3.63) is 107 Å². The molecule has 0 radical (unpaired) electrons. The summed E-state index contributed by atoms with van der Waals surface area (Å²) in [4.78, 5) is 12.5. The van der Waals surface area contributed by atoms with Crippen LogP contribution in [0.2, 0.25) is 0 Å². The number of benzene rings is 3. The van der Waals surface area contributed by atoms with E-state index in [2.05, 4.69) is 10.0 Å². The minimum Gasteiger partial charge on any atom is -0.324 e. The van der Waals surface area contributed by atoms with Crippen molar-refractivity contribution in [3.63, 3.8) is 0 Å². The Kier molecular flexibility index (Phi) is 6.68. The van der Waals surface area contributed by atoms with Gasteiger partial charge < -0.3 is 5.32 Å². The lowest BCUT2D eigenvalue weighted by atomic mass is 10.1. The van der Waals surface area contributed by atoms with Crippen molar-refractivity contribution in [1.29, 1.82) is 0 Å². The van der Waals surface area contributed by atoms with E-state index in [0.29, 0.717) is 0 Å². The van der Waals surface area contributed by atoms with E-state index in [9.17, 15) is 21.6 Å². The number of rotatable bonds is 7. The minimum atomic E-state index is -4.26. The number of sulfonamides is 2. The lowest BCUT2D eigenvalue weighted by Gasteiger charge is -2.33. The number of amides is 1. The fourth-order valence-corrected chi connectivity index (χ4v) is 6.19. The van der Waals surface area contributed by atoms with Crippen LogP contribution in [-0.2, 0) is 31.3 Å². The van der Waals surface area contributed by atoms with Gasteiger partial charge in [0.05, 0.1) is 15.5 Å². The molecule has 0 saturated carbocycles. The smallest absolute Gasteiger partial charge is 0.265 e. The predicted molar refractivity (Wildman–Crippen MR) is 132 cm³/mol. The van der Waals surface area contributed by atoms with Gasteiger partial charge in [-0.3, -0.25) is 9.52 Å². The van der Waals surface area contributed by atoms with Crippen LogP contribution in [0.5, 0.6) is 0 Å². The molecule has 0 aliphatic carbocycles. The number of nitrogens with zero attached hydrogens (tertiary/aromatic N) is 1. The third-order valence-corrected chi connectivity index (χ3v) is 8.62. The van der Waals surface area contributed by atoms with E-state index in [0.717, 1.165) is 21.0 Å². The highest BCUT2D eigenvalue weighted by molar-refractivity contribution is 7.90. The first kappa shape index (κ1) is 24.5. The molecule has 1 aliphatic rings. The molecule has 1 heterocycles. The Morgan fingerprint density at radius 3 is 1.91 bits per heavy atom. The number of aryl methyl sites for hydroxylation is 2. The van der Waals surface area contributed by atoms with Gasteiger partial charge in [-0.2, -0.15) is 0 Å². The second-order valence-electron chi connectivity index (χ2n) is 8.28. The highest BCUT2D eigenvalue weighted by atomic mass is 32.2. The molecule has 1 aliphatic heterocycles. The van der Waals surface area contributed by atoms with E-state index >= 15 is 0 Å². The normalized spacial score (nSPS) is 14.6. The van der Waals surface area contributed by atoms with Gasteiger partial charge in [0.25, 0.3) is 20.0 Å². The molecule has 0 aromatic heterocycles. The maximum absolute atomic E-state index is 13.6. The van der Waals surface area contributed by atoms with Crippen LogP contribution in [0.1, 0.15) is 16.7 Å². The molecule has 0 unspecified atom stereocenters. The first-order valence-electron chi connectivity index (χ1n) is 10.8. The number of hydrogen-bond donors (Lipinski definition) is 2. The van der Waals surface area contributed by atoms with Gasteiger partial charge in [-0.15, -0.1) is 0 Å². The molecule has 0 bridgehead atoms. The zero-order valence-electron chi connectivity index (χ0n) is 19.2. The van der Waals surface area contributed by atoms with E-state index in [1.54, 1.807) is 48.5 Å². The summed E-state index contributed by atoms with van der Waals surface area (Å²) < 4.78 is 57.0. The van der Waals surface area contributed by atoms with Crippen molar-refractivity contribution >= 4 is 26.0 Å². The summed E-state index contributed by atoms with van der Waals surface area (Å²) in [6, 6.07) is 21.4. The molecule has 182 valence electrons. The van der Waals surface area contributed by atoms with Crippen LogP contribution in [-0.4, -0.2) is 33.6 Å². The molecule has 35 heavy (non-hydrogen) atoms. The molecular weight excluding hydrogens is 486 g/mol. The highest BCUT2D eigenvalue weighted by Crippen LogP contribution is 2.26. The van der Waals surface area contributed by atoms with Crippen molar-refractivity contribution in [1.82, 2.24) is 14.3 Å². The zero-order chi connectivity index (χ0) is 25.2. The molecule has 3 aromatic carbocycles. The minimum absolute atomic E-state index is 0.0285. The first-order chi connectivity index (χ1) is 16.6. The van der Waals surface area contributed by atoms with Crippen LogP contribution >= 0.6 is 0 Å². The van der Waals surface area contributed by atoms with E-state index < -0.39 is 32.5 Å². The van der Waals surface area contributed by atoms with Crippen molar-refractivity contribution in [2.75, 3.05) is 6.54 Å². The van der Waals surface area contributed by atoms with Crippen LogP contribution in [0, 0.1) is 13.8 Å². The van der Waals surface area contributed by atoms with Crippen LogP contribution in [0.25, 0.3) is 0 Å². The molecule has 1 amide bonds. The molecule has 3 aromatic rings. The van der Waals surface area contributed by atoms with Crippen LogP contribution < -0.4 is 10.0 Å². The molecule has 4 rings (SSSR count). The Bertz CT molecular complexity index is 1480. The Balaban J connectivity index is 1.84. The number of hydrogen-bond acceptors (Lipinski definition) is 5.